The molecular weight excluding hydrogens is 629 g/mol. The Labute approximate surface area is 280 Å². The molecule has 2 N–H and O–H groups in total. The summed E-state index contributed by atoms with van der Waals surface area (Å²) in [5.41, 5.74) is 5.93. The number of hydrogen-bond acceptors (Lipinski definition) is 12. The lowest BCUT2D eigenvalue weighted by molar-refractivity contribution is -0.139. The van der Waals surface area contributed by atoms with Gasteiger partial charge in [-0.3, -0.25) is 4.79 Å². The van der Waals surface area contributed by atoms with E-state index < -0.39 is 29.1 Å². The minimum absolute atomic E-state index is 0.0796. The molecule has 0 aliphatic rings. The van der Waals surface area contributed by atoms with E-state index in [4.69, 9.17) is 33.4 Å². The van der Waals surface area contributed by atoms with Crippen LogP contribution in [0.15, 0.2) is 25.3 Å². The summed E-state index contributed by atoms with van der Waals surface area (Å²) in [6.07, 6.45) is 8.07. The van der Waals surface area contributed by atoms with Gasteiger partial charge in [0.2, 0.25) is 0 Å². The van der Waals surface area contributed by atoms with Crippen molar-refractivity contribution >= 4 is 34.8 Å². The van der Waals surface area contributed by atoms with Gasteiger partial charge in [-0.1, -0.05) is 40.9 Å². The number of hydrogen-bond donors (Lipinski definition) is 1. The van der Waals surface area contributed by atoms with Crippen molar-refractivity contribution in [2.45, 2.75) is 91.4 Å². The minimum Gasteiger partial charge on any atom is -0.463 e. The highest BCUT2D eigenvalue weighted by molar-refractivity contribution is 6.66. The van der Waals surface area contributed by atoms with Crippen LogP contribution in [-0.2, 0) is 46.3 Å². The second kappa shape index (κ2) is 26.7. The summed E-state index contributed by atoms with van der Waals surface area (Å²) in [4.78, 5) is 33.1. The monoisotopic (exact) mass is 690 g/mol. The molecule has 0 radical (unpaired) electrons. The Morgan fingerprint density at radius 2 is 1.17 bits per heavy atom. The molecule has 0 aromatic carbocycles. The third-order valence-corrected chi connectivity index (χ3v) is 13.3. The number of ketones is 1. The Morgan fingerprint density at radius 3 is 1.57 bits per heavy atom. The van der Waals surface area contributed by atoms with Gasteiger partial charge >= 0.3 is 29.1 Å². The highest BCUT2D eigenvalue weighted by Gasteiger charge is 2.32. The number of rotatable bonds is 23. The van der Waals surface area contributed by atoms with Gasteiger partial charge in [0.25, 0.3) is 6.26 Å². The summed E-state index contributed by atoms with van der Waals surface area (Å²) < 4.78 is 35.3. The first-order valence-corrected chi connectivity index (χ1v) is 20.4. The second-order valence-electron chi connectivity index (χ2n) is 12.4. The van der Waals surface area contributed by atoms with E-state index in [1.165, 1.54) is 6.26 Å². The first-order valence-electron chi connectivity index (χ1n) is 15.4. The van der Waals surface area contributed by atoms with Gasteiger partial charge in [0, 0.05) is 53.4 Å². The number of esters is 2. The first-order chi connectivity index (χ1) is 21.4. The molecule has 0 atom stereocenters. The molecular formula is C32H62N2O10Si2. The van der Waals surface area contributed by atoms with Crippen LogP contribution >= 0.6 is 0 Å². The normalized spacial score (nSPS) is 11.4. The fourth-order valence-electron chi connectivity index (χ4n) is 3.33. The van der Waals surface area contributed by atoms with Crippen molar-refractivity contribution in [3.05, 3.63) is 25.3 Å². The molecule has 0 bridgehead atoms. The van der Waals surface area contributed by atoms with Crippen LogP contribution in [0, 0.1) is 22.3 Å². The van der Waals surface area contributed by atoms with Crippen molar-refractivity contribution in [1.82, 2.24) is 0 Å². The van der Waals surface area contributed by atoms with Crippen molar-refractivity contribution < 1.29 is 46.3 Å². The van der Waals surface area contributed by atoms with Gasteiger partial charge in [-0.15, -0.1) is 0 Å². The Kier molecular flexibility index (Phi) is 27.8. The Bertz CT molecular complexity index is 915. The number of ether oxygens (including phenoxy) is 3. The van der Waals surface area contributed by atoms with Gasteiger partial charge in [0.1, 0.15) is 19.0 Å². The van der Waals surface area contributed by atoms with Crippen molar-refractivity contribution in [2.75, 3.05) is 54.8 Å². The molecule has 0 unspecified atom stereocenters. The molecule has 0 heterocycles. The van der Waals surface area contributed by atoms with Crippen LogP contribution in [0.1, 0.15) is 66.2 Å². The van der Waals surface area contributed by atoms with E-state index >= 15 is 0 Å². The third-order valence-electron chi connectivity index (χ3n) is 7.54. The van der Waals surface area contributed by atoms with E-state index in [1.807, 2.05) is 0 Å². The molecule has 0 saturated carbocycles. The Balaban J connectivity index is -0.000000675. The molecule has 0 aromatic heterocycles. The number of nitrogens with two attached hydrogens (primary N) is 1. The SMILES string of the molecule is C=CC(=O)OCCCC(=O)CCC(C)(C)CC[Si](C)(OC)OC.C=CC(=O)OCCOC#N.CO[Si](C)(CCC(C)(C)CN)OC. The van der Waals surface area contributed by atoms with E-state index in [0.717, 1.165) is 43.5 Å². The molecule has 0 aromatic rings. The van der Waals surface area contributed by atoms with Crippen LogP contribution < -0.4 is 5.73 Å². The van der Waals surface area contributed by atoms with Crippen LogP contribution in [0.3, 0.4) is 0 Å². The maximum Gasteiger partial charge on any atom is 0.334 e. The molecule has 0 amide bonds. The molecule has 46 heavy (non-hydrogen) atoms. The third kappa shape index (κ3) is 27.9. The number of carbonyl (C=O) groups is 3. The van der Waals surface area contributed by atoms with E-state index in [0.29, 0.717) is 25.8 Å². The lowest BCUT2D eigenvalue weighted by Gasteiger charge is -2.29. The predicted molar refractivity (Wildman–Crippen MR) is 184 cm³/mol. The average molecular weight is 691 g/mol. The van der Waals surface area contributed by atoms with E-state index in [1.54, 1.807) is 28.4 Å². The largest absolute Gasteiger partial charge is 0.463 e. The van der Waals surface area contributed by atoms with Crippen LogP contribution in [0.4, 0.5) is 0 Å². The maximum absolute atomic E-state index is 11.9. The van der Waals surface area contributed by atoms with E-state index in [-0.39, 0.29) is 36.4 Å². The minimum atomic E-state index is -2.05. The summed E-state index contributed by atoms with van der Waals surface area (Å²) in [7, 11) is 2.93. The fourth-order valence-corrected chi connectivity index (χ4v) is 6.74. The van der Waals surface area contributed by atoms with Crippen LogP contribution in [0.5, 0.6) is 0 Å². The van der Waals surface area contributed by atoms with Crippen molar-refractivity contribution in [3.8, 4) is 6.26 Å². The van der Waals surface area contributed by atoms with Crippen molar-refractivity contribution in [1.29, 1.82) is 5.26 Å². The molecule has 268 valence electrons. The van der Waals surface area contributed by atoms with Gasteiger partial charge < -0.3 is 37.6 Å². The summed E-state index contributed by atoms with van der Waals surface area (Å²) in [6.45, 7) is 20.5. The second-order valence-corrected chi connectivity index (χ2v) is 19.6. The zero-order valence-corrected chi connectivity index (χ0v) is 32.2. The van der Waals surface area contributed by atoms with Crippen LogP contribution in [-0.4, -0.2) is 89.6 Å². The van der Waals surface area contributed by atoms with Crippen molar-refractivity contribution in [2.24, 2.45) is 16.6 Å². The lowest BCUT2D eigenvalue weighted by Crippen LogP contribution is -2.38. The van der Waals surface area contributed by atoms with Crippen molar-refractivity contribution in [3.63, 3.8) is 0 Å². The molecule has 0 aliphatic carbocycles. The Morgan fingerprint density at radius 1 is 0.739 bits per heavy atom. The molecule has 12 nitrogen and oxygen atoms in total. The van der Waals surface area contributed by atoms with Gasteiger partial charge in [0.05, 0.1) is 6.61 Å². The quantitative estimate of drug-likeness (QED) is 0.0467. The standard InChI is InChI=1S/C17H32O5Si.C9H23NO2Si.C6H7NO3/c1-7-16(19)22-13-8-9-15(18)10-11-17(2,3)12-14-23(6,20-4)21-5;1-9(2,8-10)6-7-13(5,11-3)12-4;1-2-6(8)10-4-3-9-5-7/h7H,1,8-14H2,2-6H3;6-8,10H2,1-5H3;2H,1,3-4H2. The maximum atomic E-state index is 11.9. The van der Waals surface area contributed by atoms with Gasteiger partial charge in [-0.05, 0) is 68.2 Å². The first kappa shape index (κ1) is 48.0. The Hall–Kier alpha value is -2.39. The molecule has 0 spiro atoms. The summed E-state index contributed by atoms with van der Waals surface area (Å²) in [5, 5.41) is 7.86. The number of nitrogens with zero attached hydrogens (tertiary/aromatic N) is 1. The van der Waals surface area contributed by atoms with E-state index in [9.17, 15) is 14.4 Å². The average Bonchev–Trinajstić information content (AvgIpc) is 3.06. The zero-order chi connectivity index (χ0) is 36.3. The fraction of sp³-hybridized carbons (Fsp3) is 0.750. The van der Waals surface area contributed by atoms with Gasteiger partial charge in [-0.25, -0.2) is 9.59 Å². The molecule has 0 saturated heterocycles. The highest BCUT2D eigenvalue weighted by Crippen LogP contribution is 2.32. The summed E-state index contributed by atoms with van der Waals surface area (Å²) in [6, 6.07) is 1.92. The summed E-state index contributed by atoms with van der Waals surface area (Å²) in [5.74, 6) is -0.741. The van der Waals surface area contributed by atoms with Crippen LogP contribution in [0.25, 0.3) is 0 Å². The summed E-state index contributed by atoms with van der Waals surface area (Å²) >= 11 is 0. The van der Waals surface area contributed by atoms with Crippen LogP contribution in [0.2, 0.25) is 25.2 Å². The van der Waals surface area contributed by atoms with E-state index in [2.05, 4.69) is 63.4 Å². The number of Topliss-reactive ketones (excluding diaryl/α,β-unsaturated/α-hetero) is 1. The zero-order valence-electron chi connectivity index (χ0n) is 30.2. The topological polar surface area (TPSA) is 166 Å². The van der Waals surface area contributed by atoms with Gasteiger partial charge in [-0.2, -0.15) is 5.26 Å². The molecule has 0 aliphatic heterocycles. The highest BCUT2D eigenvalue weighted by atomic mass is 28.4. The molecule has 0 rings (SSSR count). The lowest BCUT2D eigenvalue weighted by atomic mass is 9.84. The van der Waals surface area contributed by atoms with Gasteiger partial charge in [0.15, 0.2) is 0 Å². The molecule has 14 heteroatoms. The predicted octanol–water partition coefficient (Wildman–Crippen LogP) is 5.57. The number of carbonyl (C=O) groups excluding carboxylic acids is 3. The number of nitriles is 1. The smallest absolute Gasteiger partial charge is 0.334 e. The molecule has 0 fully saturated rings.